The van der Waals surface area contributed by atoms with Crippen molar-refractivity contribution in [2.45, 2.75) is 50.4 Å². The van der Waals surface area contributed by atoms with Crippen molar-refractivity contribution in [3.8, 4) is 0 Å². The second kappa shape index (κ2) is 8.58. The molecule has 0 radical (unpaired) electrons. The third-order valence-electron chi connectivity index (χ3n) is 5.38. The number of benzene rings is 1. The van der Waals surface area contributed by atoms with Crippen LogP contribution in [0.2, 0.25) is 5.02 Å². The number of rotatable bonds is 5. The number of nitrogens with one attached hydrogen (secondary N) is 2. The van der Waals surface area contributed by atoms with Gasteiger partial charge in [0, 0.05) is 23.8 Å². The average molecular weight is 450 g/mol. The molecule has 0 aliphatic carbocycles. The van der Waals surface area contributed by atoms with Gasteiger partial charge in [0.25, 0.3) is 5.56 Å². The van der Waals surface area contributed by atoms with E-state index in [0.717, 1.165) is 5.56 Å². The van der Waals surface area contributed by atoms with E-state index >= 15 is 0 Å². The van der Waals surface area contributed by atoms with Crippen LogP contribution in [0.5, 0.6) is 0 Å². The minimum atomic E-state index is -0.876. The summed E-state index contributed by atoms with van der Waals surface area (Å²) in [6, 6.07) is 7.89. The molecule has 0 unspecified atom stereocenters. The first-order chi connectivity index (χ1) is 14.7. The van der Waals surface area contributed by atoms with E-state index in [4.69, 9.17) is 25.8 Å². The SMILES string of the molecule is CC1(C)O[C@@H]2[C@H](O1)[C@@H](CNC(=O)Cc1ccc(Cl)cc1)OC[C@H]2n1ccc(=O)[nH]c1=O. The minimum Gasteiger partial charge on any atom is -0.371 e. The monoisotopic (exact) mass is 449 g/mol. The summed E-state index contributed by atoms with van der Waals surface area (Å²) in [4.78, 5) is 38.3. The number of halogens is 1. The maximum Gasteiger partial charge on any atom is 0.328 e. The van der Waals surface area contributed by atoms with E-state index in [9.17, 15) is 14.4 Å². The molecule has 2 aromatic rings. The van der Waals surface area contributed by atoms with E-state index in [0.29, 0.717) is 5.02 Å². The highest BCUT2D eigenvalue weighted by Crippen LogP contribution is 2.39. The van der Waals surface area contributed by atoms with Crippen molar-refractivity contribution in [1.82, 2.24) is 14.9 Å². The Kier molecular flexibility index (Phi) is 6.02. The standard InChI is InChI=1S/C21H24ClN3O6/c1-21(2)30-18-14(25-8-7-16(26)24-20(25)28)11-29-15(19(18)31-21)10-23-17(27)9-12-3-5-13(22)6-4-12/h3-8,14-15,18-19H,9-11H2,1-2H3,(H,23,27)(H,24,26,28)/t14-,15-,18+,19-/m1/s1. The summed E-state index contributed by atoms with van der Waals surface area (Å²) in [5, 5.41) is 3.49. The highest BCUT2D eigenvalue weighted by molar-refractivity contribution is 6.30. The molecule has 0 spiro atoms. The molecule has 0 bridgehead atoms. The molecule has 2 aliphatic heterocycles. The Balaban J connectivity index is 1.44. The number of ether oxygens (including phenoxy) is 3. The molecule has 0 saturated carbocycles. The van der Waals surface area contributed by atoms with Gasteiger partial charge in [0.15, 0.2) is 5.79 Å². The van der Waals surface area contributed by atoms with Crippen molar-refractivity contribution >= 4 is 17.5 Å². The molecular weight excluding hydrogens is 426 g/mol. The van der Waals surface area contributed by atoms with E-state index in [1.54, 1.807) is 38.1 Å². The molecule has 9 nitrogen and oxygen atoms in total. The van der Waals surface area contributed by atoms with Crippen molar-refractivity contribution in [2.75, 3.05) is 13.2 Å². The second-order valence-corrected chi connectivity index (χ2v) is 8.57. The van der Waals surface area contributed by atoms with Crippen LogP contribution in [0.15, 0.2) is 46.1 Å². The van der Waals surface area contributed by atoms with Gasteiger partial charge in [0.1, 0.15) is 18.3 Å². The van der Waals surface area contributed by atoms with Crippen LogP contribution in [0.4, 0.5) is 0 Å². The van der Waals surface area contributed by atoms with Gasteiger partial charge >= 0.3 is 5.69 Å². The zero-order chi connectivity index (χ0) is 22.2. The fourth-order valence-corrected chi connectivity index (χ4v) is 4.11. The van der Waals surface area contributed by atoms with Gasteiger partial charge in [-0.15, -0.1) is 0 Å². The molecule has 3 heterocycles. The van der Waals surface area contributed by atoms with Crippen molar-refractivity contribution < 1.29 is 19.0 Å². The van der Waals surface area contributed by atoms with Crippen molar-refractivity contribution in [1.29, 1.82) is 0 Å². The lowest BCUT2D eigenvalue weighted by molar-refractivity contribution is -0.153. The van der Waals surface area contributed by atoms with Crippen LogP contribution in [0.1, 0.15) is 25.5 Å². The molecule has 2 N–H and O–H groups in total. The van der Waals surface area contributed by atoms with E-state index in [-0.39, 0.29) is 25.5 Å². The van der Waals surface area contributed by atoms with E-state index < -0.39 is 41.4 Å². The van der Waals surface area contributed by atoms with E-state index in [2.05, 4.69) is 10.3 Å². The smallest absolute Gasteiger partial charge is 0.328 e. The number of aromatic amines is 1. The van der Waals surface area contributed by atoms with Crippen LogP contribution >= 0.6 is 11.6 Å². The molecule has 1 aromatic heterocycles. The Labute approximate surface area is 183 Å². The van der Waals surface area contributed by atoms with Gasteiger partial charge < -0.3 is 19.5 Å². The van der Waals surface area contributed by atoms with Crippen LogP contribution in [-0.4, -0.2) is 52.7 Å². The molecule has 4 atom stereocenters. The number of carbonyl (C=O) groups is 1. The summed E-state index contributed by atoms with van der Waals surface area (Å²) in [5.41, 5.74) is -0.161. The Morgan fingerprint density at radius 3 is 2.61 bits per heavy atom. The lowest BCUT2D eigenvalue weighted by Gasteiger charge is -2.37. The Bertz CT molecular complexity index is 1060. The average Bonchev–Trinajstić information content (AvgIpc) is 3.03. The highest BCUT2D eigenvalue weighted by atomic mass is 35.5. The maximum absolute atomic E-state index is 12.4. The largest absolute Gasteiger partial charge is 0.371 e. The fraction of sp³-hybridized carbons (Fsp3) is 0.476. The summed E-state index contributed by atoms with van der Waals surface area (Å²) in [6.45, 7) is 3.98. The van der Waals surface area contributed by atoms with Crippen LogP contribution in [0.3, 0.4) is 0 Å². The van der Waals surface area contributed by atoms with Gasteiger partial charge in [0.05, 0.1) is 19.1 Å². The van der Waals surface area contributed by atoms with Crippen molar-refractivity contribution in [2.24, 2.45) is 0 Å². The third-order valence-corrected chi connectivity index (χ3v) is 5.63. The number of fused-ring (bicyclic) bond motifs is 1. The molecule has 4 rings (SSSR count). The number of nitrogens with zero attached hydrogens (tertiary/aromatic N) is 1. The zero-order valence-electron chi connectivity index (χ0n) is 17.2. The number of hydrogen-bond acceptors (Lipinski definition) is 6. The lowest BCUT2D eigenvalue weighted by atomic mass is 9.97. The number of aromatic nitrogens is 2. The highest BCUT2D eigenvalue weighted by Gasteiger charge is 2.52. The predicted octanol–water partition coefficient (Wildman–Crippen LogP) is 1.01. The summed E-state index contributed by atoms with van der Waals surface area (Å²) in [5.74, 6) is -1.03. The summed E-state index contributed by atoms with van der Waals surface area (Å²) in [7, 11) is 0. The predicted molar refractivity (Wildman–Crippen MR) is 112 cm³/mol. The number of amides is 1. The number of carbonyl (C=O) groups excluding carboxylic acids is 1. The molecule has 2 aliphatic rings. The van der Waals surface area contributed by atoms with Crippen molar-refractivity contribution in [3.63, 3.8) is 0 Å². The molecule has 31 heavy (non-hydrogen) atoms. The zero-order valence-corrected chi connectivity index (χ0v) is 17.9. The normalized spacial score (nSPS) is 26.9. The summed E-state index contributed by atoms with van der Waals surface area (Å²) in [6.07, 6.45) is 0.218. The Morgan fingerprint density at radius 1 is 1.19 bits per heavy atom. The first kappa shape index (κ1) is 21.8. The van der Waals surface area contributed by atoms with Gasteiger partial charge in [-0.1, -0.05) is 23.7 Å². The molecule has 2 saturated heterocycles. The fourth-order valence-electron chi connectivity index (χ4n) is 3.98. The van der Waals surface area contributed by atoms with E-state index in [1.165, 1.54) is 16.8 Å². The van der Waals surface area contributed by atoms with Crippen LogP contribution in [0, 0.1) is 0 Å². The molecule has 1 amide bonds. The molecule has 166 valence electrons. The summed E-state index contributed by atoms with van der Waals surface area (Å²) < 4.78 is 19.5. The topological polar surface area (TPSA) is 112 Å². The van der Waals surface area contributed by atoms with Gasteiger partial charge in [-0.25, -0.2) is 4.79 Å². The van der Waals surface area contributed by atoms with Gasteiger partial charge in [-0.2, -0.15) is 0 Å². The Hall–Kier alpha value is -2.46. The van der Waals surface area contributed by atoms with E-state index in [1.807, 2.05) is 0 Å². The summed E-state index contributed by atoms with van der Waals surface area (Å²) >= 11 is 5.88. The molecular formula is C21H24ClN3O6. The van der Waals surface area contributed by atoms with Gasteiger partial charge in [0.2, 0.25) is 5.91 Å². The Morgan fingerprint density at radius 2 is 1.90 bits per heavy atom. The van der Waals surface area contributed by atoms with Crippen LogP contribution < -0.4 is 16.6 Å². The molecule has 1 aromatic carbocycles. The molecule has 2 fully saturated rings. The van der Waals surface area contributed by atoms with Crippen molar-refractivity contribution in [3.05, 3.63) is 68.0 Å². The van der Waals surface area contributed by atoms with Crippen LogP contribution in [-0.2, 0) is 25.4 Å². The minimum absolute atomic E-state index is 0.153. The quantitative estimate of drug-likeness (QED) is 0.704. The van der Waals surface area contributed by atoms with Crippen LogP contribution in [0.25, 0.3) is 0 Å². The lowest BCUT2D eigenvalue weighted by Crippen LogP contribution is -2.54. The maximum atomic E-state index is 12.4. The third kappa shape index (κ3) is 4.90. The second-order valence-electron chi connectivity index (χ2n) is 8.13. The molecule has 10 heteroatoms. The number of hydrogen-bond donors (Lipinski definition) is 2. The van der Waals surface area contributed by atoms with Gasteiger partial charge in [-0.05, 0) is 31.5 Å². The number of H-pyrrole nitrogens is 1. The van der Waals surface area contributed by atoms with Gasteiger partial charge in [-0.3, -0.25) is 19.1 Å². The first-order valence-corrected chi connectivity index (χ1v) is 10.4. The first-order valence-electron chi connectivity index (χ1n) is 10.0.